The molecule has 0 nitrogen and oxygen atoms in total. The van der Waals surface area contributed by atoms with Gasteiger partial charge >= 0.3 is 0 Å². The fourth-order valence-electron chi connectivity index (χ4n) is 20.5. The average Bonchev–Trinajstić information content (AvgIpc) is 0.756. The molecule has 0 aromatic heterocycles. The van der Waals surface area contributed by atoms with E-state index in [4.69, 9.17) is 0 Å². The highest BCUT2D eigenvalue weighted by Gasteiger charge is 2.23. The van der Waals surface area contributed by atoms with Crippen LogP contribution in [0.25, 0.3) is 167 Å². The van der Waals surface area contributed by atoms with Crippen molar-refractivity contribution in [3.63, 3.8) is 0 Å². The fourth-order valence-corrected chi connectivity index (χ4v) is 20.5. The highest BCUT2D eigenvalue weighted by Crippen LogP contribution is 2.47. The third kappa shape index (κ3) is 23.2. The normalized spacial score (nSPS) is 10.8. The predicted octanol–water partition coefficient (Wildman–Crippen LogP) is 39.3. The van der Waals surface area contributed by atoms with E-state index in [1.807, 2.05) is 0 Å². The third-order valence-corrected chi connectivity index (χ3v) is 27.0. The maximum atomic E-state index is 2.38. The van der Waals surface area contributed by atoms with Crippen molar-refractivity contribution >= 4 is 0 Å². The molecule has 0 aliphatic rings. The molecule has 0 N–H and O–H groups in total. The molecular weight excluding hydrogens is 1670 g/mol. The number of hydrogen-bond donors (Lipinski definition) is 0. The molecule has 0 saturated carbocycles. The van der Waals surface area contributed by atoms with Gasteiger partial charge in [0.15, 0.2) is 0 Å². The minimum atomic E-state index is 1.24. The van der Waals surface area contributed by atoms with Crippen LogP contribution in [0.3, 0.4) is 0 Å². The molecule has 0 amide bonds. The molecule has 0 heteroatoms. The lowest BCUT2D eigenvalue weighted by Gasteiger charge is -2.23. The van der Waals surface area contributed by atoms with Crippen molar-refractivity contribution in [2.45, 2.75) is 132 Å². The minimum Gasteiger partial charge on any atom is -0.0622 e. The van der Waals surface area contributed by atoms with Crippen molar-refractivity contribution in [2.24, 2.45) is 0 Å². The summed E-state index contributed by atoms with van der Waals surface area (Å²) in [6, 6.07) is 156. The zero-order valence-corrected chi connectivity index (χ0v) is 84.5. The Labute approximate surface area is 828 Å². The SMILES string of the molecule is Cc1cccc(-c2c(C)c(-c3ccccc3)c(C)c(-c3ccccc3)c2C)c1.Cc1cccc(-c2cc(-c3c(C)cc(C)cc3C)cc(-c3c(C)cc(C)cc3C)c2)c1.Cc1cccc(-c2cc(-c3cc(C)ccc3C)cc(-c3cc(C)ccc3C)c2)c1.Cc1cccc(-c2cc(-c3ccccc3)c(C)c(-c3ccccc3)c2)c1.Cc1cccc(-c2cc(-c3ccccc3)cc(-c3ccccc3)c2)c1. The number of hydrogen-bond acceptors (Lipinski definition) is 0. The Morgan fingerprint density at radius 1 is 0.0935 bits per heavy atom. The Morgan fingerprint density at radius 2 is 0.309 bits per heavy atom. The maximum Gasteiger partial charge on any atom is -0.0113 e. The first-order valence-corrected chi connectivity index (χ1v) is 49.0. The van der Waals surface area contributed by atoms with Crippen LogP contribution in [0.2, 0.25) is 0 Å². The molecule has 0 aliphatic heterocycles. The molecule has 0 saturated heterocycles. The largest absolute Gasteiger partial charge is 0.0622 e. The van der Waals surface area contributed by atoms with Gasteiger partial charge in [0, 0.05) is 0 Å². The number of rotatable bonds is 15. The van der Waals surface area contributed by atoms with Crippen LogP contribution in [-0.4, -0.2) is 0 Å². The molecule has 20 aromatic carbocycles. The van der Waals surface area contributed by atoms with Crippen molar-refractivity contribution < 1.29 is 0 Å². The fraction of sp³-hybridized carbons (Fsp3) is 0.137. The lowest BCUT2D eigenvalue weighted by atomic mass is 9.80. The van der Waals surface area contributed by atoms with E-state index >= 15 is 0 Å². The second-order valence-corrected chi connectivity index (χ2v) is 38.3. The summed E-state index contributed by atoms with van der Waals surface area (Å²) in [7, 11) is 0. The van der Waals surface area contributed by atoms with Gasteiger partial charge in [-0.3, -0.25) is 0 Å². The predicted molar refractivity (Wildman–Crippen MR) is 604 cm³/mol. The van der Waals surface area contributed by atoms with E-state index < -0.39 is 0 Å². The Kier molecular flexibility index (Phi) is 30.6. The van der Waals surface area contributed by atoms with E-state index in [0.29, 0.717) is 0 Å². The Morgan fingerprint density at radius 3 is 0.612 bits per heavy atom. The molecule has 20 aromatic rings. The molecule has 0 spiro atoms. The summed E-state index contributed by atoms with van der Waals surface area (Å²) in [5.41, 5.74) is 63.6. The van der Waals surface area contributed by atoms with E-state index in [1.54, 1.807) is 0 Å². The Balaban J connectivity index is 0.000000126. The van der Waals surface area contributed by atoms with Crippen molar-refractivity contribution in [1.82, 2.24) is 0 Å². The Hall–Kier alpha value is -15.6. The van der Waals surface area contributed by atoms with Crippen LogP contribution in [0.1, 0.15) is 106 Å². The zero-order valence-electron chi connectivity index (χ0n) is 84.5. The highest BCUT2D eigenvalue weighted by atomic mass is 14.3. The molecule has 20 rings (SSSR count). The van der Waals surface area contributed by atoms with Gasteiger partial charge in [-0.25, -0.2) is 0 Å². The van der Waals surface area contributed by atoms with E-state index in [9.17, 15) is 0 Å². The molecule has 0 aliphatic carbocycles. The van der Waals surface area contributed by atoms with Crippen molar-refractivity contribution in [2.75, 3.05) is 0 Å². The minimum absolute atomic E-state index is 1.24. The van der Waals surface area contributed by atoms with Gasteiger partial charge in [-0.2, -0.15) is 0 Å². The van der Waals surface area contributed by atoms with Crippen LogP contribution in [0, 0.1) is 132 Å². The van der Waals surface area contributed by atoms with Crippen LogP contribution >= 0.6 is 0 Å². The number of aryl methyl sites for hydroxylation is 15. The van der Waals surface area contributed by atoms with E-state index in [1.165, 1.54) is 273 Å². The highest BCUT2D eigenvalue weighted by molar-refractivity contribution is 5.94. The quantitative estimate of drug-likeness (QED) is 0.0960. The van der Waals surface area contributed by atoms with E-state index in [2.05, 4.69) is 562 Å². The van der Waals surface area contributed by atoms with Crippen LogP contribution in [0.4, 0.5) is 0 Å². The smallest absolute Gasteiger partial charge is 0.0113 e. The lowest BCUT2D eigenvalue weighted by Crippen LogP contribution is -2.00. The van der Waals surface area contributed by atoms with E-state index in [0.717, 1.165) is 0 Å². The van der Waals surface area contributed by atoms with Crippen LogP contribution < -0.4 is 0 Å². The first-order valence-electron chi connectivity index (χ1n) is 49.0. The number of benzene rings is 20. The topological polar surface area (TPSA) is 0 Å². The monoisotopic (exact) mass is 1800 g/mol. The molecule has 0 bridgehead atoms. The van der Waals surface area contributed by atoms with Gasteiger partial charge in [0.05, 0.1) is 0 Å². The summed E-state index contributed by atoms with van der Waals surface area (Å²) in [6.45, 7) is 41.8. The summed E-state index contributed by atoms with van der Waals surface area (Å²) in [5.74, 6) is 0. The first-order chi connectivity index (χ1) is 67.2. The van der Waals surface area contributed by atoms with Crippen LogP contribution in [-0.2, 0) is 0 Å². The summed E-state index contributed by atoms with van der Waals surface area (Å²) < 4.78 is 0. The van der Waals surface area contributed by atoms with Crippen molar-refractivity contribution in [1.29, 1.82) is 0 Å². The summed E-state index contributed by atoms with van der Waals surface area (Å²) in [5, 5.41) is 0. The van der Waals surface area contributed by atoms with E-state index in [-0.39, 0.29) is 0 Å². The molecule has 0 atom stereocenters. The second kappa shape index (κ2) is 44.0. The van der Waals surface area contributed by atoms with Gasteiger partial charge in [-0.15, -0.1) is 0 Å². The van der Waals surface area contributed by atoms with Gasteiger partial charge in [-0.1, -0.05) is 414 Å². The molecule has 684 valence electrons. The first kappa shape index (κ1) is 96.5. The van der Waals surface area contributed by atoms with Gasteiger partial charge < -0.3 is 0 Å². The van der Waals surface area contributed by atoms with Crippen LogP contribution in [0.5, 0.6) is 0 Å². The zero-order chi connectivity index (χ0) is 97.5. The van der Waals surface area contributed by atoms with Gasteiger partial charge in [0.1, 0.15) is 0 Å². The standard InChI is InChI=1S/C31H32.C29H28.C28H26.C26H22.C25H20/c1-19-9-8-10-26(15-19)27-16-28(30-22(4)11-20(2)12-23(30)5)18-29(17-27)31-24(6)13-21(3)14-25(31)7;1-19-7-6-8-24(13-19)25-16-26(28-14-20(2)9-11-22(28)4)18-27(17-25)29-15-21(3)10-12-23(29)5;1-19-12-11-17-25(18-19)28-21(3)26(23-13-7-5-8-14-23)20(2)27(22(28)4)24-15-9-6-10-16-24;1-19-10-9-15-23(16-19)24-17-25(21-11-5-3-6-12-21)20(2)26(18-24)22-13-7-4-8-14-22;1-19-9-8-14-22(15-19)25-17-23(20-10-4-2-5-11-20)16-24(18-25)21-12-6-3-7-13-21/h8-18H,1-7H3;6-18H,1-5H3;5-18H,1-4H3;3-18H,1-2H3;2-18H,1H3. The van der Waals surface area contributed by atoms with Gasteiger partial charge in [-0.05, 0) is 421 Å². The van der Waals surface area contributed by atoms with Crippen molar-refractivity contribution in [3.8, 4) is 167 Å². The summed E-state index contributed by atoms with van der Waals surface area (Å²) >= 11 is 0. The molecule has 0 fully saturated rings. The molecule has 0 heterocycles. The second-order valence-electron chi connectivity index (χ2n) is 38.3. The molecule has 139 heavy (non-hydrogen) atoms. The van der Waals surface area contributed by atoms with Crippen LogP contribution in [0.15, 0.2) is 431 Å². The third-order valence-electron chi connectivity index (χ3n) is 27.0. The maximum absolute atomic E-state index is 2.38. The molecule has 0 unspecified atom stereocenters. The lowest BCUT2D eigenvalue weighted by molar-refractivity contribution is 1.31. The van der Waals surface area contributed by atoms with Gasteiger partial charge in [0.2, 0.25) is 0 Å². The summed E-state index contributed by atoms with van der Waals surface area (Å²) in [6.07, 6.45) is 0. The molecular formula is C139H128. The molecule has 0 radical (unpaired) electrons. The van der Waals surface area contributed by atoms with Crippen molar-refractivity contribution in [3.05, 3.63) is 536 Å². The average molecular weight is 1800 g/mol. The van der Waals surface area contributed by atoms with Gasteiger partial charge in [0.25, 0.3) is 0 Å². The Bertz CT molecular complexity index is 7380. The summed E-state index contributed by atoms with van der Waals surface area (Å²) in [4.78, 5) is 0.